The van der Waals surface area contributed by atoms with Crippen LogP contribution < -0.4 is 5.84 Å². The molecule has 0 amide bonds. The molecule has 0 atom stereocenters. The number of nitrogen functional groups attached to an aromatic ring is 1. The topological polar surface area (TPSA) is 113 Å². The molecule has 11 heteroatoms. The van der Waals surface area contributed by atoms with Crippen LogP contribution in [-0.2, 0) is 0 Å². The van der Waals surface area contributed by atoms with E-state index in [1.807, 2.05) is 0 Å². The number of benzene rings is 1. The first-order valence-electron chi connectivity index (χ1n) is 8.10. The van der Waals surface area contributed by atoms with Crippen LogP contribution in [0.5, 0.6) is 0 Å². The normalized spacial score (nSPS) is 11.3. The number of nitrogens with zero attached hydrogens (tertiary/aromatic N) is 7. The second kappa shape index (κ2) is 6.46. The zero-order valence-corrected chi connectivity index (χ0v) is 14.9. The lowest BCUT2D eigenvalue weighted by Gasteiger charge is -2.04. The van der Waals surface area contributed by atoms with Gasteiger partial charge in [0.15, 0.2) is 17.2 Å². The van der Waals surface area contributed by atoms with Crippen molar-refractivity contribution in [3.8, 4) is 23.0 Å². The average molecular weight is 394 g/mol. The highest BCUT2D eigenvalue weighted by Crippen LogP contribution is 2.28. The minimum absolute atomic E-state index is 0.307. The Morgan fingerprint density at radius 2 is 1.79 bits per heavy atom. The average Bonchev–Trinajstić information content (AvgIpc) is 3.43. The summed E-state index contributed by atoms with van der Waals surface area (Å²) in [7, 11) is 0. The van der Waals surface area contributed by atoms with Crippen molar-refractivity contribution in [2.24, 2.45) is 0 Å². The lowest BCUT2D eigenvalue weighted by molar-refractivity contribution is 0.574. The Balaban J connectivity index is 1.53. The standard InChI is InChI=1S/C17H11FN8OS/c18-11-5-2-1-4-10(11)15-21-20-13-7-8-14(24-26(13)15)28-17-23-22-16(25(17)19)12-6-3-9-27-12/h1-9H,19H2. The molecule has 0 bridgehead atoms. The third kappa shape index (κ3) is 2.68. The van der Waals surface area contributed by atoms with Crippen molar-refractivity contribution in [1.29, 1.82) is 0 Å². The van der Waals surface area contributed by atoms with Gasteiger partial charge in [-0.05, 0) is 48.2 Å². The number of furan rings is 1. The van der Waals surface area contributed by atoms with Gasteiger partial charge in [-0.3, -0.25) is 0 Å². The fourth-order valence-corrected chi connectivity index (χ4v) is 3.36. The van der Waals surface area contributed by atoms with Crippen molar-refractivity contribution in [3.63, 3.8) is 0 Å². The first kappa shape index (κ1) is 16.4. The van der Waals surface area contributed by atoms with Crippen LogP contribution in [0.4, 0.5) is 4.39 Å². The smallest absolute Gasteiger partial charge is 0.218 e. The summed E-state index contributed by atoms with van der Waals surface area (Å²) in [6.45, 7) is 0. The molecule has 5 aromatic rings. The van der Waals surface area contributed by atoms with Gasteiger partial charge in [-0.15, -0.1) is 20.4 Å². The number of hydrogen-bond acceptors (Lipinski definition) is 8. The number of aromatic nitrogens is 7. The molecule has 0 radical (unpaired) electrons. The molecule has 5 rings (SSSR count). The van der Waals surface area contributed by atoms with Crippen LogP contribution in [0.25, 0.3) is 28.6 Å². The molecule has 2 N–H and O–H groups in total. The van der Waals surface area contributed by atoms with E-state index in [1.54, 1.807) is 42.5 Å². The van der Waals surface area contributed by atoms with Crippen molar-refractivity contribution >= 4 is 17.4 Å². The number of hydrogen-bond donors (Lipinski definition) is 1. The van der Waals surface area contributed by atoms with Gasteiger partial charge >= 0.3 is 0 Å². The molecule has 0 aliphatic heterocycles. The van der Waals surface area contributed by atoms with Crippen LogP contribution >= 0.6 is 11.8 Å². The molecule has 9 nitrogen and oxygen atoms in total. The van der Waals surface area contributed by atoms with E-state index in [2.05, 4.69) is 25.5 Å². The summed E-state index contributed by atoms with van der Waals surface area (Å²) >= 11 is 1.20. The predicted molar refractivity (Wildman–Crippen MR) is 98.2 cm³/mol. The number of fused-ring (bicyclic) bond motifs is 1. The minimum Gasteiger partial charge on any atom is -0.461 e. The fourth-order valence-electron chi connectivity index (χ4n) is 2.65. The third-order valence-electron chi connectivity index (χ3n) is 3.96. The van der Waals surface area contributed by atoms with E-state index in [9.17, 15) is 4.39 Å². The minimum atomic E-state index is -0.401. The Hall–Kier alpha value is -3.73. The number of nitrogens with two attached hydrogens (primary N) is 1. The van der Waals surface area contributed by atoms with Crippen molar-refractivity contribution in [2.45, 2.75) is 10.2 Å². The molecule has 0 aliphatic rings. The van der Waals surface area contributed by atoms with Crippen LogP contribution in [0.15, 0.2) is 69.4 Å². The van der Waals surface area contributed by atoms with Gasteiger partial charge in [-0.25, -0.2) is 9.07 Å². The van der Waals surface area contributed by atoms with Gasteiger partial charge in [0.05, 0.1) is 11.8 Å². The molecule has 0 unspecified atom stereocenters. The summed E-state index contributed by atoms with van der Waals surface area (Å²) in [4.78, 5) is 0. The predicted octanol–water partition coefficient (Wildman–Crippen LogP) is 2.65. The van der Waals surface area contributed by atoms with Gasteiger partial charge in [-0.2, -0.15) is 9.61 Å². The van der Waals surface area contributed by atoms with Gasteiger partial charge in [-0.1, -0.05) is 12.1 Å². The van der Waals surface area contributed by atoms with Crippen LogP contribution in [0.2, 0.25) is 0 Å². The van der Waals surface area contributed by atoms with Crippen LogP contribution in [0, 0.1) is 5.82 Å². The lowest BCUT2D eigenvalue weighted by Crippen LogP contribution is -2.11. The number of halogens is 1. The second-order valence-electron chi connectivity index (χ2n) is 5.70. The zero-order valence-electron chi connectivity index (χ0n) is 14.1. The van der Waals surface area contributed by atoms with E-state index < -0.39 is 5.82 Å². The summed E-state index contributed by atoms with van der Waals surface area (Å²) in [5.74, 6) is 6.88. The Morgan fingerprint density at radius 1 is 0.929 bits per heavy atom. The Kier molecular flexibility index (Phi) is 3.79. The van der Waals surface area contributed by atoms with Crippen LogP contribution in [-0.4, -0.2) is 34.7 Å². The first-order chi connectivity index (χ1) is 13.7. The van der Waals surface area contributed by atoms with E-state index in [0.717, 1.165) is 0 Å². The summed E-state index contributed by atoms with van der Waals surface area (Å²) in [6.07, 6.45) is 1.53. The molecule has 0 fully saturated rings. The zero-order chi connectivity index (χ0) is 19.1. The Morgan fingerprint density at radius 3 is 2.61 bits per heavy atom. The van der Waals surface area contributed by atoms with Gasteiger partial charge in [0.2, 0.25) is 11.0 Å². The van der Waals surface area contributed by atoms with Gasteiger partial charge < -0.3 is 10.3 Å². The number of rotatable bonds is 4. The van der Waals surface area contributed by atoms with E-state index in [1.165, 1.54) is 33.3 Å². The molecule has 0 saturated carbocycles. The molecule has 0 aliphatic carbocycles. The molecule has 4 heterocycles. The summed E-state index contributed by atoms with van der Waals surface area (Å²) in [5.41, 5.74) is 0.805. The Bertz CT molecular complexity index is 1280. The monoisotopic (exact) mass is 394 g/mol. The first-order valence-corrected chi connectivity index (χ1v) is 8.92. The fraction of sp³-hybridized carbons (Fsp3) is 0. The molecule has 0 spiro atoms. The van der Waals surface area contributed by atoms with E-state index in [0.29, 0.717) is 38.8 Å². The summed E-state index contributed by atoms with van der Waals surface area (Å²) in [5, 5.41) is 21.7. The summed E-state index contributed by atoms with van der Waals surface area (Å²) in [6, 6.07) is 13.3. The van der Waals surface area contributed by atoms with E-state index in [-0.39, 0.29) is 0 Å². The highest BCUT2D eigenvalue weighted by atomic mass is 32.2. The van der Waals surface area contributed by atoms with Crippen molar-refractivity contribution in [2.75, 3.05) is 5.84 Å². The highest BCUT2D eigenvalue weighted by molar-refractivity contribution is 7.99. The molecule has 1 aromatic carbocycles. The molecule has 0 saturated heterocycles. The molecular formula is C17H11FN8OS. The highest BCUT2D eigenvalue weighted by Gasteiger charge is 2.17. The van der Waals surface area contributed by atoms with E-state index >= 15 is 0 Å². The molecule has 4 aromatic heterocycles. The van der Waals surface area contributed by atoms with Crippen LogP contribution in [0.3, 0.4) is 0 Å². The maximum absolute atomic E-state index is 14.2. The SMILES string of the molecule is Nn1c(Sc2ccc3nnc(-c4ccccc4F)n3n2)nnc1-c1ccco1. The molecular weight excluding hydrogens is 383 g/mol. The van der Waals surface area contributed by atoms with E-state index in [4.69, 9.17) is 10.3 Å². The van der Waals surface area contributed by atoms with Crippen molar-refractivity contribution < 1.29 is 8.81 Å². The Labute approximate surface area is 161 Å². The largest absolute Gasteiger partial charge is 0.461 e. The van der Waals surface area contributed by atoms with Crippen molar-refractivity contribution in [1.82, 2.24) is 34.7 Å². The lowest BCUT2D eigenvalue weighted by atomic mass is 10.2. The van der Waals surface area contributed by atoms with Crippen molar-refractivity contribution in [3.05, 3.63) is 60.6 Å². The second-order valence-corrected chi connectivity index (χ2v) is 6.69. The van der Waals surface area contributed by atoms with Gasteiger partial charge in [0.1, 0.15) is 10.8 Å². The quantitative estimate of drug-likeness (QED) is 0.463. The molecule has 138 valence electrons. The maximum Gasteiger partial charge on any atom is 0.218 e. The summed E-state index contributed by atoms with van der Waals surface area (Å²) < 4.78 is 22.3. The van der Waals surface area contributed by atoms with Gasteiger partial charge in [0, 0.05) is 0 Å². The third-order valence-corrected chi connectivity index (χ3v) is 4.84. The van der Waals surface area contributed by atoms with Crippen LogP contribution in [0.1, 0.15) is 0 Å². The molecule has 28 heavy (non-hydrogen) atoms. The maximum atomic E-state index is 14.2. The van der Waals surface area contributed by atoms with Gasteiger partial charge in [0.25, 0.3) is 0 Å².